The van der Waals surface area contributed by atoms with Crippen LogP contribution in [-0.2, 0) is 0 Å². The number of alkyl halides is 3. The molecule has 0 N–H and O–H groups in total. The number of halogens is 4. The lowest BCUT2D eigenvalue weighted by molar-refractivity contribution is -0.109. The van der Waals surface area contributed by atoms with Gasteiger partial charge in [0.15, 0.2) is 0 Å². The molecule has 0 saturated heterocycles. The Labute approximate surface area is 64.2 Å². The molecule has 0 aromatic heterocycles. The van der Waals surface area contributed by atoms with E-state index >= 15 is 0 Å². The molecule has 0 fully saturated rings. The van der Waals surface area contributed by atoms with Gasteiger partial charge in [0.1, 0.15) is 0 Å². The van der Waals surface area contributed by atoms with Gasteiger partial charge in [0.2, 0.25) is 5.83 Å². The molecule has 1 aliphatic heterocycles. The van der Waals surface area contributed by atoms with Crippen LogP contribution in [0.3, 0.4) is 0 Å². The average molecular weight is 185 g/mol. The molecule has 0 atom stereocenters. The summed E-state index contributed by atoms with van der Waals surface area (Å²) >= 11 is 0.670. The Morgan fingerprint density at radius 1 is 1.55 bits per heavy atom. The lowest BCUT2D eigenvalue weighted by Gasteiger charge is -2.04. The summed E-state index contributed by atoms with van der Waals surface area (Å²) in [7, 11) is 0. The van der Waals surface area contributed by atoms with Gasteiger partial charge in [0, 0.05) is 0 Å². The van der Waals surface area contributed by atoms with Gasteiger partial charge in [-0.25, -0.2) is 4.39 Å². The average Bonchev–Trinajstić information content (AvgIpc) is 2.34. The number of hydrogen-bond acceptors (Lipinski definition) is 2. The zero-order valence-electron chi connectivity index (χ0n) is 5.15. The van der Waals surface area contributed by atoms with Crippen LogP contribution in [0.4, 0.5) is 17.6 Å². The maximum Gasteiger partial charge on any atom is 0.443 e. The maximum atomic E-state index is 12.3. The first-order valence-electron chi connectivity index (χ1n) is 2.62. The number of aliphatic imine (C=N–C) groups is 1. The molecule has 1 aliphatic rings. The van der Waals surface area contributed by atoms with Gasteiger partial charge < -0.3 is 0 Å². The number of allylic oxidation sites excluding steroid dienone is 1. The van der Waals surface area contributed by atoms with E-state index in [4.69, 9.17) is 0 Å². The van der Waals surface area contributed by atoms with Gasteiger partial charge in [0.05, 0.1) is 17.0 Å². The Kier molecular flexibility index (Phi) is 2.22. The van der Waals surface area contributed by atoms with Crippen molar-refractivity contribution in [3.05, 3.63) is 10.7 Å². The highest BCUT2D eigenvalue weighted by Gasteiger charge is 2.37. The van der Waals surface area contributed by atoms with Gasteiger partial charge in [-0.15, -0.1) is 0 Å². The Morgan fingerprint density at radius 3 is 2.55 bits per heavy atom. The standard InChI is InChI=1S/C5H3F4NS/c6-4(5(7,8)9)3-1-10-2-11-3/h2H,1H2. The van der Waals surface area contributed by atoms with E-state index in [1.807, 2.05) is 0 Å². The summed E-state index contributed by atoms with van der Waals surface area (Å²) in [5.41, 5.74) is 1.20. The van der Waals surface area contributed by atoms with Crippen LogP contribution in [0.5, 0.6) is 0 Å². The summed E-state index contributed by atoms with van der Waals surface area (Å²) < 4.78 is 47.1. The van der Waals surface area contributed by atoms with Gasteiger partial charge >= 0.3 is 6.18 Å². The third kappa shape index (κ3) is 1.95. The fourth-order valence-corrected chi connectivity index (χ4v) is 1.18. The van der Waals surface area contributed by atoms with Crippen LogP contribution >= 0.6 is 11.8 Å². The van der Waals surface area contributed by atoms with Crippen molar-refractivity contribution in [2.75, 3.05) is 6.54 Å². The van der Waals surface area contributed by atoms with Crippen LogP contribution in [0.25, 0.3) is 0 Å². The summed E-state index contributed by atoms with van der Waals surface area (Å²) in [6.07, 6.45) is -4.87. The zero-order valence-corrected chi connectivity index (χ0v) is 5.97. The highest BCUT2D eigenvalue weighted by Crippen LogP contribution is 2.34. The molecule has 0 aromatic carbocycles. The van der Waals surface area contributed by atoms with Crippen molar-refractivity contribution in [3.63, 3.8) is 0 Å². The van der Waals surface area contributed by atoms with Crippen LogP contribution in [-0.4, -0.2) is 18.3 Å². The molecule has 0 unspecified atom stereocenters. The minimum atomic E-state index is -4.87. The lowest BCUT2D eigenvalue weighted by Crippen LogP contribution is -2.10. The highest BCUT2D eigenvalue weighted by molar-refractivity contribution is 8.15. The van der Waals surface area contributed by atoms with Gasteiger partial charge in [-0.1, -0.05) is 11.8 Å². The van der Waals surface area contributed by atoms with Crippen LogP contribution < -0.4 is 0 Å². The molecule has 0 bridgehead atoms. The molecule has 0 aromatic rings. The summed E-state index contributed by atoms with van der Waals surface area (Å²) in [5, 5.41) is 0. The molecule has 62 valence electrons. The fraction of sp³-hybridized carbons (Fsp3) is 0.400. The molecule has 0 radical (unpaired) electrons. The van der Waals surface area contributed by atoms with E-state index in [9.17, 15) is 17.6 Å². The van der Waals surface area contributed by atoms with E-state index in [1.165, 1.54) is 5.55 Å². The number of nitrogens with zero attached hydrogens (tertiary/aromatic N) is 1. The molecule has 0 saturated carbocycles. The van der Waals surface area contributed by atoms with Crippen molar-refractivity contribution in [2.45, 2.75) is 6.18 Å². The number of thioether (sulfide) groups is 1. The predicted molar refractivity (Wildman–Crippen MR) is 35.1 cm³/mol. The van der Waals surface area contributed by atoms with Gasteiger partial charge in [0.25, 0.3) is 0 Å². The smallest absolute Gasteiger partial charge is 0.281 e. The van der Waals surface area contributed by atoms with Crippen LogP contribution in [0.15, 0.2) is 15.7 Å². The van der Waals surface area contributed by atoms with E-state index in [1.54, 1.807) is 0 Å². The van der Waals surface area contributed by atoms with Crippen molar-refractivity contribution < 1.29 is 17.6 Å². The topological polar surface area (TPSA) is 12.4 Å². The third-order valence-corrected chi connectivity index (χ3v) is 1.85. The van der Waals surface area contributed by atoms with Gasteiger partial charge in [-0.05, 0) is 0 Å². The Hall–Kier alpha value is -0.520. The third-order valence-electron chi connectivity index (χ3n) is 0.998. The van der Waals surface area contributed by atoms with Gasteiger partial charge in [-0.3, -0.25) is 4.99 Å². The van der Waals surface area contributed by atoms with E-state index < -0.39 is 12.0 Å². The fourth-order valence-electron chi connectivity index (χ4n) is 0.538. The first kappa shape index (κ1) is 8.58. The Balaban J connectivity index is 2.80. The van der Waals surface area contributed by atoms with E-state index in [0.717, 1.165) is 0 Å². The second-order valence-electron chi connectivity index (χ2n) is 1.80. The second-order valence-corrected chi connectivity index (χ2v) is 2.74. The van der Waals surface area contributed by atoms with Crippen LogP contribution in [0.1, 0.15) is 0 Å². The summed E-state index contributed by atoms with van der Waals surface area (Å²) in [4.78, 5) is 3.08. The number of rotatable bonds is 0. The molecular weight excluding hydrogens is 182 g/mol. The summed E-state index contributed by atoms with van der Waals surface area (Å²) in [6.45, 7) is -0.198. The minimum Gasteiger partial charge on any atom is -0.281 e. The van der Waals surface area contributed by atoms with Crippen LogP contribution in [0.2, 0.25) is 0 Å². The van der Waals surface area contributed by atoms with Crippen molar-refractivity contribution in [2.24, 2.45) is 4.99 Å². The summed E-state index contributed by atoms with van der Waals surface area (Å²) in [6, 6.07) is 0. The van der Waals surface area contributed by atoms with Crippen molar-refractivity contribution >= 4 is 17.3 Å². The van der Waals surface area contributed by atoms with E-state index in [2.05, 4.69) is 4.99 Å². The van der Waals surface area contributed by atoms with E-state index in [-0.39, 0.29) is 11.4 Å². The highest BCUT2D eigenvalue weighted by atomic mass is 32.2. The lowest BCUT2D eigenvalue weighted by atomic mass is 10.4. The zero-order chi connectivity index (χ0) is 8.48. The Morgan fingerprint density at radius 2 is 2.18 bits per heavy atom. The van der Waals surface area contributed by atoms with Crippen molar-refractivity contribution in [1.29, 1.82) is 0 Å². The normalized spacial score (nSPS) is 22.5. The maximum absolute atomic E-state index is 12.3. The molecule has 1 nitrogen and oxygen atoms in total. The molecule has 1 heterocycles. The molecule has 11 heavy (non-hydrogen) atoms. The first-order chi connectivity index (χ1) is 5.02. The van der Waals surface area contributed by atoms with Gasteiger partial charge in [-0.2, -0.15) is 13.2 Å². The first-order valence-corrected chi connectivity index (χ1v) is 3.50. The van der Waals surface area contributed by atoms with Crippen molar-refractivity contribution in [1.82, 2.24) is 0 Å². The van der Waals surface area contributed by atoms with E-state index in [0.29, 0.717) is 11.8 Å². The molecule has 0 amide bonds. The molecule has 0 spiro atoms. The number of hydrogen-bond donors (Lipinski definition) is 0. The van der Waals surface area contributed by atoms with Crippen LogP contribution in [0, 0.1) is 0 Å². The molecule has 6 heteroatoms. The SMILES string of the molecule is FC(=C1CN=CS1)C(F)(F)F. The quantitative estimate of drug-likeness (QED) is 0.528. The molecule has 1 rings (SSSR count). The largest absolute Gasteiger partial charge is 0.443 e. The molecular formula is C5H3F4NS. The summed E-state index contributed by atoms with van der Waals surface area (Å²) in [5.74, 6) is -2.03. The minimum absolute atomic E-state index is 0.198. The van der Waals surface area contributed by atoms with Crippen molar-refractivity contribution in [3.8, 4) is 0 Å². The monoisotopic (exact) mass is 185 g/mol. The predicted octanol–water partition coefficient (Wildman–Crippen LogP) is 2.50. The molecule has 0 aliphatic carbocycles. The second kappa shape index (κ2) is 2.84. The Bertz CT molecular complexity index is 207.